The SMILES string of the molecule is [C-]#[N+]c1cc2c(c(C(F)(F)F)c1)C(O)(c1ccc(Cl)cc1Cl)C(=O)N2[C@H]1C[C@H](CN(CC)CC)C1. The van der Waals surface area contributed by atoms with Gasteiger partial charge in [-0.3, -0.25) is 4.79 Å². The average Bonchev–Trinajstić information content (AvgIpc) is 2.99. The van der Waals surface area contributed by atoms with Gasteiger partial charge < -0.3 is 14.9 Å². The Hall–Kier alpha value is -2.31. The van der Waals surface area contributed by atoms with Crippen LogP contribution in [0.1, 0.15) is 43.4 Å². The lowest BCUT2D eigenvalue weighted by molar-refractivity contribution is -0.142. The van der Waals surface area contributed by atoms with Gasteiger partial charge in [-0.2, -0.15) is 13.2 Å². The Kier molecular flexibility index (Phi) is 6.84. The Morgan fingerprint density at radius 1 is 1.20 bits per heavy atom. The van der Waals surface area contributed by atoms with Crippen molar-refractivity contribution < 1.29 is 23.1 Å². The van der Waals surface area contributed by atoms with Crippen molar-refractivity contribution in [1.29, 1.82) is 0 Å². The van der Waals surface area contributed by atoms with Gasteiger partial charge in [0.15, 0.2) is 11.3 Å². The first-order valence-corrected chi connectivity index (χ1v) is 12.1. The summed E-state index contributed by atoms with van der Waals surface area (Å²) in [5, 5.41) is 11.9. The number of rotatable bonds is 6. The summed E-state index contributed by atoms with van der Waals surface area (Å²) in [6, 6.07) is 5.42. The molecule has 10 heteroatoms. The van der Waals surface area contributed by atoms with Crippen molar-refractivity contribution in [3.8, 4) is 0 Å². The molecule has 1 N–H and O–H groups in total. The fraction of sp³-hybridized carbons (Fsp3) is 0.440. The number of nitrogens with zero attached hydrogens (tertiary/aromatic N) is 3. The molecular formula is C25H24Cl2F3N3O2. The van der Waals surface area contributed by atoms with Crippen LogP contribution in [0.2, 0.25) is 10.0 Å². The number of aliphatic hydroxyl groups is 1. The Balaban J connectivity index is 1.86. The molecule has 5 nitrogen and oxygen atoms in total. The molecule has 1 amide bonds. The number of amides is 1. The maximum Gasteiger partial charge on any atom is 0.415 e. The molecular weight excluding hydrogens is 502 g/mol. The number of hydrogen-bond acceptors (Lipinski definition) is 3. The van der Waals surface area contributed by atoms with Crippen LogP contribution >= 0.6 is 23.2 Å². The van der Waals surface area contributed by atoms with Crippen LogP contribution in [0.3, 0.4) is 0 Å². The lowest BCUT2D eigenvalue weighted by atomic mass is 9.78. The van der Waals surface area contributed by atoms with Crippen molar-refractivity contribution in [3.05, 3.63) is 68.5 Å². The summed E-state index contributed by atoms with van der Waals surface area (Å²) in [5.41, 5.74) is -5.05. The Morgan fingerprint density at radius 2 is 1.86 bits per heavy atom. The van der Waals surface area contributed by atoms with Crippen molar-refractivity contribution in [1.82, 2.24) is 4.90 Å². The molecule has 1 aliphatic heterocycles. The summed E-state index contributed by atoms with van der Waals surface area (Å²) >= 11 is 12.3. The number of halogens is 5. The van der Waals surface area contributed by atoms with E-state index in [4.69, 9.17) is 29.8 Å². The predicted molar refractivity (Wildman–Crippen MR) is 129 cm³/mol. The molecule has 4 rings (SSSR count). The van der Waals surface area contributed by atoms with Crippen LogP contribution in [0, 0.1) is 12.5 Å². The number of alkyl halides is 3. The standard InChI is InChI=1S/C25H24Cl2F3N3O2/c1-4-32(5-2)13-14-8-17(9-14)33-21-12-16(31-3)11-19(25(28,29)30)22(21)24(35,23(33)34)18-7-6-15(26)10-20(18)27/h6-7,10-12,14,17,35H,4-5,8-9,13H2,1-2H3/t14-,17-,24?. The average molecular weight is 526 g/mol. The molecule has 0 bridgehead atoms. The third-order valence-corrected chi connectivity index (χ3v) is 7.54. The fourth-order valence-corrected chi connectivity index (χ4v) is 5.71. The molecule has 1 saturated carbocycles. The zero-order chi connectivity index (χ0) is 25.7. The molecule has 2 aromatic rings. The van der Waals surface area contributed by atoms with E-state index in [9.17, 15) is 23.1 Å². The molecule has 1 aliphatic carbocycles. The highest BCUT2D eigenvalue weighted by Gasteiger charge is 2.58. The second-order valence-electron chi connectivity index (χ2n) is 8.98. The van der Waals surface area contributed by atoms with Crippen molar-refractivity contribution in [3.63, 3.8) is 0 Å². The minimum atomic E-state index is -4.92. The van der Waals surface area contributed by atoms with E-state index in [1.807, 2.05) is 0 Å². The summed E-state index contributed by atoms with van der Waals surface area (Å²) < 4.78 is 42.6. The van der Waals surface area contributed by atoms with Gasteiger partial charge in [-0.25, -0.2) is 4.85 Å². The molecule has 0 radical (unpaired) electrons. The van der Waals surface area contributed by atoms with Crippen LogP contribution in [0.15, 0.2) is 30.3 Å². The van der Waals surface area contributed by atoms with Gasteiger partial charge in [-0.05, 0) is 56.1 Å². The van der Waals surface area contributed by atoms with E-state index < -0.39 is 34.9 Å². The normalized spacial score (nSPS) is 23.9. The summed E-state index contributed by atoms with van der Waals surface area (Å²) in [4.78, 5) is 20.5. The molecule has 2 aromatic carbocycles. The van der Waals surface area contributed by atoms with E-state index in [-0.39, 0.29) is 32.9 Å². The van der Waals surface area contributed by atoms with Gasteiger partial charge in [0.25, 0.3) is 5.91 Å². The van der Waals surface area contributed by atoms with Gasteiger partial charge in [-0.1, -0.05) is 43.1 Å². The van der Waals surface area contributed by atoms with Crippen LogP contribution < -0.4 is 4.90 Å². The zero-order valence-corrected chi connectivity index (χ0v) is 20.7. The first-order valence-electron chi connectivity index (χ1n) is 11.3. The molecule has 35 heavy (non-hydrogen) atoms. The maximum atomic E-state index is 14.2. The van der Waals surface area contributed by atoms with Gasteiger partial charge in [0.2, 0.25) is 0 Å². The quantitative estimate of drug-likeness (QED) is 0.452. The molecule has 0 aromatic heterocycles. The fourth-order valence-electron chi connectivity index (χ4n) is 5.16. The van der Waals surface area contributed by atoms with Crippen LogP contribution in [0.5, 0.6) is 0 Å². The third-order valence-electron chi connectivity index (χ3n) is 6.99. The summed E-state index contributed by atoms with van der Waals surface area (Å²) in [6.45, 7) is 14.0. The van der Waals surface area contributed by atoms with Gasteiger partial charge in [0.05, 0.1) is 12.1 Å². The van der Waals surface area contributed by atoms with E-state index in [0.29, 0.717) is 18.9 Å². The second kappa shape index (κ2) is 9.29. The Labute approximate surface area is 211 Å². The number of fused-ring (bicyclic) bond motifs is 1. The predicted octanol–water partition coefficient (Wildman–Crippen LogP) is 6.27. The minimum Gasteiger partial charge on any atom is -0.372 e. The second-order valence-corrected chi connectivity index (χ2v) is 9.83. The largest absolute Gasteiger partial charge is 0.415 e. The molecule has 186 valence electrons. The number of carbonyl (C=O) groups is 1. The first-order chi connectivity index (χ1) is 16.4. The number of hydrogen-bond donors (Lipinski definition) is 1. The van der Waals surface area contributed by atoms with Gasteiger partial charge >= 0.3 is 6.18 Å². The maximum absolute atomic E-state index is 14.2. The molecule has 0 saturated heterocycles. The third kappa shape index (κ3) is 4.29. The van der Waals surface area contributed by atoms with E-state index in [1.54, 1.807) is 0 Å². The highest BCUT2D eigenvalue weighted by Crippen LogP contribution is 2.55. The molecule has 2 aliphatic rings. The highest BCUT2D eigenvalue weighted by atomic mass is 35.5. The Morgan fingerprint density at radius 3 is 2.40 bits per heavy atom. The van der Waals surface area contributed by atoms with Crippen LogP contribution in [0.4, 0.5) is 24.5 Å². The van der Waals surface area contributed by atoms with Crippen LogP contribution in [-0.2, 0) is 16.6 Å². The van der Waals surface area contributed by atoms with E-state index >= 15 is 0 Å². The topological polar surface area (TPSA) is 48.1 Å². The molecule has 1 heterocycles. The van der Waals surface area contributed by atoms with Crippen molar-refractivity contribution in [2.24, 2.45) is 5.92 Å². The number of benzene rings is 2. The van der Waals surface area contributed by atoms with Crippen molar-refractivity contribution in [2.45, 2.75) is 44.5 Å². The summed E-state index contributed by atoms with van der Waals surface area (Å²) in [6.07, 6.45) is -3.76. The molecule has 1 fully saturated rings. The lowest BCUT2D eigenvalue weighted by Crippen LogP contribution is -2.52. The number of carbonyl (C=O) groups excluding carboxylic acids is 1. The van der Waals surface area contributed by atoms with Crippen molar-refractivity contribution in [2.75, 3.05) is 24.5 Å². The van der Waals surface area contributed by atoms with Gasteiger partial charge in [0.1, 0.15) is 0 Å². The van der Waals surface area contributed by atoms with Crippen LogP contribution in [0.25, 0.3) is 4.85 Å². The van der Waals surface area contributed by atoms with E-state index in [2.05, 4.69) is 23.6 Å². The van der Waals surface area contributed by atoms with Gasteiger partial charge in [0, 0.05) is 39.4 Å². The Bertz CT molecular complexity index is 1200. The van der Waals surface area contributed by atoms with Gasteiger partial charge in [-0.15, -0.1) is 0 Å². The smallest absolute Gasteiger partial charge is 0.372 e. The first kappa shape index (κ1) is 25.8. The monoisotopic (exact) mass is 525 g/mol. The number of anilines is 1. The summed E-state index contributed by atoms with van der Waals surface area (Å²) in [7, 11) is 0. The minimum absolute atomic E-state index is 0.101. The van der Waals surface area contributed by atoms with E-state index in [0.717, 1.165) is 19.6 Å². The van der Waals surface area contributed by atoms with Crippen molar-refractivity contribution >= 4 is 40.5 Å². The molecule has 0 spiro atoms. The van der Waals surface area contributed by atoms with Crippen LogP contribution in [-0.4, -0.2) is 41.6 Å². The lowest BCUT2D eigenvalue weighted by Gasteiger charge is -2.43. The summed E-state index contributed by atoms with van der Waals surface area (Å²) in [5.74, 6) is -0.634. The highest BCUT2D eigenvalue weighted by molar-refractivity contribution is 6.35. The van der Waals surface area contributed by atoms with E-state index in [1.165, 1.54) is 29.2 Å². The zero-order valence-electron chi connectivity index (χ0n) is 19.2. The molecule has 1 atom stereocenters. The molecule has 1 unspecified atom stereocenters.